The molecule has 1 saturated heterocycles. The van der Waals surface area contributed by atoms with Crippen LogP contribution in [0.3, 0.4) is 0 Å². The molecule has 0 atom stereocenters. The van der Waals surface area contributed by atoms with Gasteiger partial charge in [0.1, 0.15) is 5.75 Å². The van der Waals surface area contributed by atoms with Gasteiger partial charge in [-0.25, -0.2) is 14.8 Å². The highest BCUT2D eigenvalue weighted by Crippen LogP contribution is 2.23. The van der Waals surface area contributed by atoms with Gasteiger partial charge in [-0.1, -0.05) is 24.3 Å². The van der Waals surface area contributed by atoms with E-state index >= 15 is 0 Å². The van der Waals surface area contributed by atoms with E-state index in [0.717, 1.165) is 54.7 Å². The lowest BCUT2D eigenvalue weighted by Gasteiger charge is -2.21. The molecule has 7 nitrogen and oxygen atoms in total. The Kier molecular flexibility index (Phi) is 8.93. The van der Waals surface area contributed by atoms with Crippen LogP contribution in [0, 0.1) is 5.92 Å². The van der Waals surface area contributed by atoms with Gasteiger partial charge in [-0.3, -0.25) is 0 Å². The zero-order valence-electron chi connectivity index (χ0n) is 19.7. The van der Waals surface area contributed by atoms with E-state index < -0.39 is 6.61 Å². The van der Waals surface area contributed by atoms with Gasteiger partial charge >= 0.3 is 12.6 Å². The Labute approximate surface area is 208 Å². The first-order chi connectivity index (χ1) is 17.5. The van der Waals surface area contributed by atoms with Crippen molar-refractivity contribution in [2.75, 3.05) is 25.0 Å². The average Bonchev–Trinajstić information content (AvgIpc) is 2.89. The fraction of sp³-hybridized carbons (Fsp3) is 0.296. The van der Waals surface area contributed by atoms with Crippen LogP contribution in [0.4, 0.5) is 20.4 Å². The maximum Gasteiger partial charge on any atom is 0.387 e. The maximum atomic E-state index is 12.3. The van der Waals surface area contributed by atoms with Gasteiger partial charge in [0.2, 0.25) is 5.95 Å². The fourth-order valence-electron chi connectivity index (χ4n) is 3.93. The molecule has 188 valence electrons. The SMILES string of the molecule is O=C(C=Cc1cccc(Nc2ncc(-c3ccc(OC(F)F)cc3)cn2)c1)OCCC1CCNCC1. The molecule has 1 aliphatic rings. The monoisotopic (exact) mass is 494 g/mol. The number of nitrogens with one attached hydrogen (secondary N) is 2. The van der Waals surface area contributed by atoms with Crippen molar-refractivity contribution >= 4 is 23.7 Å². The third kappa shape index (κ3) is 7.84. The van der Waals surface area contributed by atoms with Crippen molar-refractivity contribution in [3.63, 3.8) is 0 Å². The van der Waals surface area contributed by atoms with E-state index in [-0.39, 0.29) is 11.7 Å². The second kappa shape index (κ2) is 12.7. The van der Waals surface area contributed by atoms with Crippen LogP contribution in [0.1, 0.15) is 24.8 Å². The molecule has 0 radical (unpaired) electrons. The molecule has 1 aromatic heterocycles. The van der Waals surface area contributed by atoms with E-state index in [1.54, 1.807) is 30.6 Å². The van der Waals surface area contributed by atoms with Crippen LogP contribution in [0.15, 0.2) is 67.0 Å². The minimum Gasteiger partial charge on any atom is -0.463 e. The van der Waals surface area contributed by atoms with Gasteiger partial charge in [0.05, 0.1) is 6.61 Å². The molecule has 3 aromatic rings. The second-order valence-corrected chi connectivity index (χ2v) is 8.43. The Hall–Kier alpha value is -3.85. The van der Waals surface area contributed by atoms with Crippen molar-refractivity contribution in [2.45, 2.75) is 25.9 Å². The molecule has 2 aromatic carbocycles. The van der Waals surface area contributed by atoms with E-state index in [9.17, 15) is 13.6 Å². The minimum absolute atomic E-state index is 0.0902. The molecule has 1 fully saturated rings. The molecule has 2 heterocycles. The first kappa shape index (κ1) is 25.2. The number of aromatic nitrogens is 2. The van der Waals surface area contributed by atoms with Crippen molar-refractivity contribution in [3.8, 4) is 16.9 Å². The van der Waals surface area contributed by atoms with E-state index in [4.69, 9.17) is 4.74 Å². The highest BCUT2D eigenvalue weighted by atomic mass is 19.3. The van der Waals surface area contributed by atoms with Gasteiger partial charge in [-0.15, -0.1) is 0 Å². The number of piperidine rings is 1. The van der Waals surface area contributed by atoms with Crippen molar-refractivity contribution in [2.24, 2.45) is 5.92 Å². The fourth-order valence-corrected chi connectivity index (χ4v) is 3.93. The molecule has 0 bridgehead atoms. The van der Waals surface area contributed by atoms with Crippen molar-refractivity contribution in [1.29, 1.82) is 0 Å². The van der Waals surface area contributed by atoms with Gasteiger partial charge in [-0.05, 0) is 79.7 Å². The number of esters is 1. The molecule has 9 heteroatoms. The summed E-state index contributed by atoms with van der Waals surface area (Å²) in [7, 11) is 0. The van der Waals surface area contributed by atoms with Crippen molar-refractivity contribution in [3.05, 3.63) is 72.6 Å². The maximum absolute atomic E-state index is 12.3. The Morgan fingerprint density at radius 2 is 1.83 bits per heavy atom. The summed E-state index contributed by atoms with van der Waals surface area (Å²) in [5.41, 5.74) is 3.10. The van der Waals surface area contributed by atoms with Gasteiger partial charge in [-0.2, -0.15) is 8.78 Å². The first-order valence-electron chi connectivity index (χ1n) is 11.8. The number of anilines is 2. The second-order valence-electron chi connectivity index (χ2n) is 8.43. The van der Waals surface area contributed by atoms with Crippen molar-refractivity contribution < 1.29 is 23.0 Å². The van der Waals surface area contributed by atoms with Gasteiger partial charge in [0.25, 0.3) is 0 Å². The predicted octanol–water partition coefficient (Wildman–Crippen LogP) is 5.43. The topological polar surface area (TPSA) is 85.4 Å². The van der Waals surface area contributed by atoms with E-state index in [1.807, 2.05) is 24.3 Å². The number of rotatable bonds is 10. The van der Waals surface area contributed by atoms with Gasteiger partial charge in [0.15, 0.2) is 0 Å². The molecule has 36 heavy (non-hydrogen) atoms. The Morgan fingerprint density at radius 1 is 1.08 bits per heavy atom. The number of nitrogens with zero attached hydrogens (tertiary/aromatic N) is 2. The first-order valence-corrected chi connectivity index (χ1v) is 11.8. The molecule has 0 amide bonds. The van der Waals surface area contributed by atoms with Crippen molar-refractivity contribution in [1.82, 2.24) is 15.3 Å². The van der Waals surface area contributed by atoms with Gasteiger partial charge < -0.3 is 20.1 Å². The van der Waals surface area contributed by atoms with Gasteiger partial charge in [0, 0.05) is 29.7 Å². The third-order valence-electron chi connectivity index (χ3n) is 5.85. The van der Waals surface area contributed by atoms with E-state index in [2.05, 4.69) is 25.3 Å². The number of benzene rings is 2. The Balaban J connectivity index is 1.28. The summed E-state index contributed by atoms with van der Waals surface area (Å²) in [5.74, 6) is 0.757. The molecule has 0 unspecified atom stereocenters. The number of alkyl halides is 2. The third-order valence-corrected chi connectivity index (χ3v) is 5.85. The summed E-state index contributed by atoms with van der Waals surface area (Å²) in [4.78, 5) is 20.7. The van der Waals surface area contributed by atoms with E-state index in [0.29, 0.717) is 18.5 Å². The summed E-state index contributed by atoms with van der Waals surface area (Å²) in [6, 6.07) is 13.8. The van der Waals surface area contributed by atoms with Crippen LogP contribution in [-0.4, -0.2) is 42.2 Å². The Bertz CT molecular complexity index is 1150. The normalized spacial score (nSPS) is 14.2. The summed E-state index contributed by atoms with van der Waals surface area (Å²) in [5, 5.41) is 6.46. The zero-order chi connectivity index (χ0) is 25.2. The predicted molar refractivity (Wildman–Crippen MR) is 134 cm³/mol. The van der Waals surface area contributed by atoms with Crippen LogP contribution in [0.5, 0.6) is 5.75 Å². The lowest BCUT2D eigenvalue weighted by molar-refractivity contribution is -0.138. The smallest absolute Gasteiger partial charge is 0.387 e. The number of hydrogen-bond donors (Lipinski definition) is 2. The number of carbonyl (C=O) groups is 1. The molecule has 2 N–H and O–H groups in total. The quantitative estimate of drug-likeness (QED) is 0.287. The van der Waals surface area contributed by atoms with E-state index in [1.165, 1.54) is 18.2 Å². The molecule has 0 aliphatic carbocycles. The van der Waals surface area contributed by atoms with Crippen LogP contribution in [-0.2, 0) is 9.53 Å². The standard InChI is InChI=1S/C27H28F2N4O3/c28-26(29)36-24-7-5-21(6-8-24)22-17-31-27(32-18-22)33-23-3-1-2-20(16-23)4-9-25(34)35-15-12-19-10-13-30-14-11-19/h1-9,16-19,26,30H,10-15H2,(H,31,32,33). The lowest BCUT2D eigenvalue weighted by atomic mass is 9.95. The lowest BCUT2D eigenvalue weighted by Crippen LogP contribution is -2.28. The minimum atomic E-state index is -2.86. The summed E-state index contributed by atoms with van der Waals surface area (Å²) in [6.07, 6.45) is 9.59. The zero-order valence-corrected chi connectivity index (χ0v) is 19.7. The van der Waals surface area contributed by atoms with Crippen LogP contribution in [0.2, 0.25) is 0 Å². The van der Waals surface area contributed by atoms with Crippen LogP contribution in [0.25, 0.3) is 17.2 Å². The summed E-state index contributed by atoms with van der Waals surface area (Å²) in [6.45, 7) is -0.349. The summed E-state index contributed by atoms with van der Waals surface area (Å²) < 4.78 is 34.3. The molecule has 1 aliphatic heterocycles. The molecule has 4 rings (SSSR count). The number of carbonyl (C=O) groups excluding carboxylic acids is 1. The molecular weight excluding hydrogens is 466 g/mol. The number of hydrogen-bond acceptors (Lipinski definition) is 7. The highest BCUT2D eigenvalue weighted by molar-refractivity contribution is 5.87. The number of halogens is 2. The van der Waals surface area contributed by atoms with Crippen LogP contribution < -0.4 is 15.4 Å². The Morgan fingerprint density at radius 3 is 2.56 bits per heavy atom. The largest absolute Gasteiger partial charge is 0.463 e. The number of ether oxygens (including phenoxy) is 2. The highest BCUT2D eigenvalue weighted by Gasteiger charge is 2.13. The molecule has 0 saturated carbocycles. The summed E-state index contributed by atoms with van der Waals surface area (Å²) >= 11 is 0. The van der Waals surface area contributed by atoms with Crippen LogP contribution >= 0.6 is 0 Å². The molecule has 0 spiro atoms. The molecular formula is C27H28F2N4O3. The average molecular weight is 495 g/mol.